The third-order valence-electron chi connectivity index (χ3n) is 4.32. The van der Waals surface area contributed by atoms with Crippen LogP contribution in [0.15, 0.2) is 24.3 Å². The first-order chi connectivity index (χ1) is 11.5. The number of hydrogen-bond acceptors (Lipinski definition) is 3. The van der Waals surface area contributed by atoms with Gasteiger partial charge in [-0.25, -0.2) is 13.6 Å². The lowest BCUT2D eigenvalue weighted by molar-refractivity contribution is 0.0736. The molecule has 134 valence electrons. The summed E-state index contributed by atoms with van der Waals surface area (Å²) in [6, 6.07) is 7.12. The third kappa shape index (κ3) is 5.72. The topological polar surface area (TPSA) is 64.6 Å². The highest BCUT2D eigenvalue weighted by Crippen LogP contribution is 2.16. The normalized spacial score (nSPS) is 17.7. The van der Waals surface area contributed by atoms with Gasteiger partial charge in [0.15, 0.2) is 0 Å². The molecule has 1 unspecified atom stereocenters. The van der Waals surface area contributed by atoms with Crippen LogP contribution in [0.4, 0.5) is 13.6 Å². The first kappa shape index (κ1) is 18.6. The quantitative estimate of drug-likeness (QED) is 0.742. The number of carbonyl (C=O) groups is 1. The molecule has 7 heteroatoms. The fraction of sp³-hybridized carbons (Fsp3) is 0.588. The molecule has 1 atom stereocenters. The van der Waals surface area contributed by atoms with Crippen molar-refractivity contribution in [3.05, 3.63) is 35.4 Å². The number of carbonyl (C=O) groups excluding carboxylic acids is 1. The van der Waals surface area contributed by atoms with E-state index in [0.717, 1.165) is 11.1 Å². The molecule has 0 aromatic heterocycles. The lowest BCUT2D eigenvalue weighted by atomic mass is 10.0. The van der Waals surface area contributed by atoms with Gasteiger partial charge >= 0.3 is 6.03 Å². The molecule has 1 aromatic rings. The number of rotatable bonds is 6. The van der Waals surface area contributed by atoms with Crippen molar-refractivity contribution < 1.29 is 18.7 Å². The summed E-state index contributed by atoms with van der Waals surface area (Å²) in [6.07, 6.45) is -1.77. The maximum Gasteiger partial charge on any atom is 0.315 e. The van der Waals surface area contributed by atoms with Crippen LogP contribution in [0.3, 0.4) is 0 Å². The summed E-state index contributed by atoms with van der Waals surface area (Å²) < 4.78 is 24.7. The second kappa shape index (κ2) is 8.94. The summed E-state index contributed by atoms with van der Waals surface area (Å²) in [6.45, 7) is 2.94. The van der Waals surface area contributed by atoms with Gasteiger partial charge in [-0.05, 0) is 30.9 Å². The summed E-state index contributed by atoms with van der Waals surface area (Å²) in [5.41, 5.74) is 1.76. The number of piperidine rings is 1. The highest BCUT2D eigenvalue weighted by molar-refractivity contribution is 5.74. The maximum absolute atomic E-state index is 12.3. The van der Waals surface area contributed by atoms with Crippen molar-refractivity contribution in [3.63, 3.8) is 0 Å². The number of hydrogen-bond donors (Lipinski definition) is 3. The van der Waals surface area contributed by atoms with Crippen molar-refractivity contribution in [2.75, 3.05) is 26.2 Å². The second-order valence-electron chi connectivity index (χ2n) is 6.19. The van der Waals surface area contributed by atoms with Crippen molar-refractivity contribution >= 4 is 6.03 Å². The Balaban J connectivity index is 1.70. The molecular formula is C17H25F2N3O2. The number of aliphatic hydroxyl groups excluding tert-OH is 1. The van der Waals surface area contributed by atoms with Gasteiger partial charge in [0.05, 0.1) is 12.6 Å². The highest BCUT2D eigenvalue weighted by Gasteiger charge is 2.22. The zero-order valence-electron chi connectivity index (χ0n) is 13.8. The molecule has 1 aliphatic heterocycles. The number of alkyl halides is 2. The Labute approximate surface area is 141 Å². The predicted octanol–water partition coefficient (Wildman–Crippen LogP) is 2.06. The van der Waals surface area contributed by atoms with Gasteiger partial charge in [-0.15, -0.1) is 0 Å². The largest absolute Gasteiger partial charge is 0.387 e. The Hall–Kier alpha value is -1.73. The Bertz CT molecular complexity index is 534. The van der Waals surface area contributed by atoms with Crippen LogP contribution in [0.25, 0.3) is 0 Å². The number of aryl methyl sites for hydroxylation is 1. The molecule has 24 heavy (non-hydrogen) atoms. The maximum atomic E-state index is 12.3. The number of likely N-dealkylation sites (tertiary alicyclic amines) is 1. The van der Waals surface area contributed by atoms with Gasteiger partial charge in [0.25, 0.3) is 6.43 Å². The summed E-state index contributed by atoms with van der Waals surface area (Å²) >= 11 is 0. The smallest absolute Gasteiger partial charge is 0.315 e. The fourth-order valence-corrected chi connectivity index (χ4v) is 2.95. The SMILES string of the molecule is Cc1ccccc1C(O)CNC(=O)NC1CCN(CC(F)F)CC1. The number of urea groups is 1. The highest BCUT2D eigenvalue weighted by atomic mass is 19.3. The second-order valence-corrected chi connectivity index (χ2v) is 6.19. The Morgan fingerprint density at radius 2 is 2.00 bits per heavy atom. The number of benzene rings is 1. The van der Waals surface area contributed by atoms with Crippen LogP contribution in [0.5, 0.6) is 0 Å². The van der Waals surface area contributed by atoms with Crippen LogP contribution < -0.4 is 10.6 Å². The summed E-state index contributed by atoms with van der Waals surface area (Å²) in [4.78, 5) is 13.6. The van der Waals surface area contributed by atoms with Gasteiger partial charge in [-0.2, -0.15) is 0 Å². The fourth-order valence-electron chi connectivity index (χ4n) is 2.95. The van der Waals surface area contributed by atoms with Gasteiger partial charge in [0.1, 0.15) is 0 Å². The Kier molecular flexibility index (Phi) is 6.93. The molecule has 1 fully saturated rings. The first-order valence-electron chi connectivity index (χ1n) is 8.24. The number of aliphatic hydroxyl groups is 1. The molecule has 5 nitrogen and oxygen atoms in total. The molecule has 1 saturated heterocycles. The molecule has 0 spiro atoms. The first-order valence-corrected chi connectivity index (χ1v) is 8.24. The van der Waals surface area contributed by atoms with E-state index in [2.05, 4.69) is 10.6 Å². The van der Waals surface area contributed by atoms with Crippen molar-refractivity contribution in [2.45, 2.75) is 38.3 Å². The number of nitrogens with one attached hydrogen (secondary N) is 2. The number of halogens is 2. The molecule has 1 aromatic carbocycles. The Morgan fingerprint density at radius 3 is 2.62 bits per heavy atom. The Morgan fingerprint density at radius 1 is 1.33 bits per heavy atom. The van der Waals surface area contributed by atoms with Crippen LogP contribution in [0.2, 0.25) is 0 Å². The average molecular weight is 341 g/mol. The van der Waals surface area contributed by atoms with Crippen LogP contribution >= 0.6 is 0 Å². The van der Waals surface area contributed by atoms with Crippen molar-refractivity contribution in [2.24, 2.45) is 0 Å². The minimum atomic E-state index is -2.32. The van der Waals surface area contributed by atoms with Crippen molar-refractivity contribution in [1.29, 1.82) is 0 Å². The average Bonchev–Trinajstić information content (AvgIpc) is 2.54. The van der Waals surface area contributed by atoms with Gasteiger partial charge in [-0.3, -0.25) is 4.90 Å². The summed E-state index contributed by atoms with van der Waals surface area (Å²) in [7, 11) is 0. The van der Waals surface area contributed by atoms with Gasteiger partial charge in [0.2, 0.25) is 0 Å². The molecule has 3 N–H and O–H groups in total. The van der Waals surface area contributed by atoms with Crippen molar-refractivity contribution in [1.82, 2.24) is 15.5 Å². The minimum Gasteiger partial charge on any atom is -0.387 e. The van der Waals surface area contributed by atoms with Crippen LogP contribution in [0, 0.1) is 6.92 Å². The predicted molar refractivity (Wildman–Crippen MR) is 88.1 cm³/mol. The van der Waals surface area contributed by atoms with Crippen molar-refractivity contribution in [3.8, 4) is 0 Å². The monoisotopic (exact) mass is 341 g/mol. The molecule has 2 rings (SSSR count). The number of amides is 2. The zero-order chi connectivity index (χ0) is 17.5. The lowest BCUT2D eigenvalue weighted by Gasteiger charge is -2.32. The molecule has 0 aliphatic carbocycles. The summed E-state index contributed by atoms with van der Waals surface area (Å²) in [5.74, 6) is 0. The third-order valence-corrected chi connectivity index (χ3v) is 4.32. The molecule has 0 saturated carbocycles. The molecule has 1 heterocycles. The van der Waals surface area contributed by atoms with Crippen LogP contribution in [-0.2, 0) is 0 Å². The van der Waals surface area contributed by atoms with Gasteiger partial charge < -0.3 is 15.7 Å². The van der Waals surface area contributed by atoms with E-state index in [-0.39, 0.29) is 25.2 Å². The number of nitrogens with zero attached hydrogens (tertiary/aromatic N) is 1. The van der Waals surface area contributed by atoms with E-state index in [0.29, 0.717) is 25.9 Å². The van der Waals surface area contributed by atoms with E-state index in [1.54, 1.807) is 4.90 Å². The summed E-state index contributed by atoms with van der Waals surface area (Å²) in [5, 5.41) is 15.7. The standard InChI is InChI=1S/C17H25F2N3O2/c1-12-4-2-3-5-14(12)15(23)10-20-17(24)21-13-6-8-22(9-7-13)11-16(18)19/h2-5,13,15-16,23H,6-11H2,1H3,(H2,20,21,24). The van der Waals surface area contributed by atoms with Crippen LogP contribution in [0.1, 0.15) is 30.1 Å². The lowest BCUT2D eigenvalue weighted by Crippen LogP contribution is -2.49. The molecular weight excluding hydrogens is 316 g/mol. The van der Waals surface area contributed by atoms with E-state index in [9.17, 15) is 18.7 Å². The van der Waals surface area contributed by atoms with Crippen LogP contribution in [-0.4, -0.2) is 54.7 Å². The van der Waals surface area contributed by atoms with E-state index in [4.69, 9.17) is 0 Å². The van der Waals surface area contributed by atoms with Gasteiger partial charge in [0, 0.05) is 25.7 Å². The van der Waals surface area contributed by atoms with E-state index >= 15 is 0 Å². The van der Waals surface area contributed by atoms with E-state index in [1.807, 2.05) is 31.2 Å². The van der Waals surface area contributed by atoms with Gasteiger partial charge in [-0.1, -0.05) is 24.3 Å². The zero-order valence-corrected chi connectivity index (χ0v) is 13.8. The minimum absolute atomic E-state index is 0.0190. The molecule has 0 bridgehead atoms. The van der Waals surface area contributed by atoms with E-state index < -0.39 is 12.5 Å². The molecule has 2 amide bonds. The molecule has 0 radical (unpaired) electrons. The van der Waals surface area contributed by atoms with E-state index in [1.165, 1.54) is 0 Å². The molecule has 1 aliphatic rings.